The first-order chi connectivity index (χ1) is 4.59. The molecule has 1 atom stereocenters. The van der Waals surface area contributed by atoms with E-state index >= 15 is 0 Å². The third-order valence-corrected chi connectivity index (χ3v) is 1.28. The SMILES string of the molecule is CCOC(C)C(=N)N(C)C. The first-order valence-electron chi connectivity index (χ1n) is 3.47. The van der Waals surface area contributed by atoms with E-state index in [-0.39, 0.29) is 6.10 Å². The van der Waals surface area contributed by atoms with Crippen molar-refractivity contribution in [2.75, 3.05) is 20.7 Å². The van der Waals surface area contributed by atoms with Crippen molar-refractivity contribution in [3.8, 4) is 0 Å². The van der Waals surface area contributed by atoms with Crippen LogP contribution < -0.4 is 0 Å². The molecule has 0 aliphatic carbocycles. The smallest absolute Gasteiger partial charge is 0.125 e. The number of rotatable bonds is 3. The summed E-state index contributed by atoms with van der Waals surface area (Å²) in [5.41, 5.74) is 0. The minimum atomic E-state index is -0.0833. The molecule has 0 heterocycles. The average Bonchev–Trinajstić information content (AvgIpc) is 1.87. The Morgan fingerprint density at radius 1 is 1.60 bits per heavy atom. The van der Waals surface area contributed by atoms with Crippen LogP contribution in [0.1, 0.15) is 13.8 Å². The van der Waals surface area contributed by atoms with Gasteiger partial charge in [0.25, 0.3) is 0 Å². The predicted octanol–water partition coefficient (Wildman–Crippen LogP) is 0.950. The van der Waals surface area contributed by atoms with Crippen molar-refractivity contribution >= 4 is 5.84 Å². The van der Waals surface area contributed by atoms with E-state index in [1.54, 1.807) is 4.90 Å². The lowest BCUT2D eigenvalue weighted by Gasteiger charge is -2.19. The maximum absolute atomic E-state index is 7.45. The molecular formula is C7H16N2O. The van der Waals surface area contributed by atoms with E-state index < -0.39 is 0 Å². The number of likely N-dealkylation sites (N-methyl/N-ethyl adjacent to an activating group) is 1. The number of nitrogens with one attached hydrogen (secondary N) is 1. The van der Waals surface area contributed by atoms with Gasteiger partial charge in [0.15, 0.2) is 0 Å². The van der Waals surface area contributed by atoms with E-state index in [1.807, 2.05) is 27.9 Å². The Morgan fingerprint density at radius 3 is 2.40 bits per heavy atom. The fourth-order valence-corrected chi connectivity index (χ4v) is 0.693. The Morgan fingerprint density at radius 2 is 2.10 bits per heavy atom. The summed E-state index contributed by atoms with van der Waals surface area (Å²) in [5, 5.41) is 7.45. The number of nitrogens with zero attached hydrogens (tertiary/aromatic N) is 1. The van der Waals surface area contributed by atoms with Crippen LogP contribution in [-0.4, -0.2) is 37.5 Å². The van der Waals surface area contributed by atoms with Crippen LogP contribution in [0.15, 0.2) is 0 Å². The molecule has 0 aromatic heterocycles. The molecule has 0 amide bonds. The highest BCUT2D eigenvalue weighted by molar-refractivity contribution is 5.82. The lowest BCUT2D eigenvalue weighted by atomic mass is 10.3. The van der Waals surface area contributed by atoms with Crippen LogP contribution in [0, 0.1) is 5.41 Å². The van der Waals surface area contributed by atoms with Gasteiger partial charge in [0.05, 0.1) is 0 Å². The molecule has 0 aliphatic heterocycles. The van der Waals surface area contributed by atoms with Crippen LogP contribution in [0.3, 0.4) is 0 Å². The normalized spacial score (nSPS) is 12.8. The number of hydrogen-bond acceptors (Lipinski definition) is 2. The highest BCUT2D eigenvalue weighted by atomic mass is 16.5. The standard InChI is InChI=1S/C7H16N2O/c1-5-10-6(2)7(8)9(3)4/h6,8H,5H2,1-4H3. The van der Waals surface area contributed by atoms with Gasteiger partial charge in [0, 0.05) is 20.7 Å². The van der Waals surface area contributed by atoms with Crippen LogP contribution in [-0.2, 0) is 4.74 Å². The molecule has 0 rings (SSSR count). The van der Waals surface area contributed by atoms with Crippen LogP contribution in [0.5, 0.6) is 0 Å². The van der Waals surface area contributed by atoms with E-state index in [1.165, 1.54) is 0 Å². The van der Waals surface area contributed by atoms with Gasteiger partial charge in [-0.3, -0.25) is 5.41 Å². The van der Waals surface area contributed by atoms with Crippen molar-refractivity contribution in [2.45, 2.75) is 20.0 Å². The molecule has 0 spiro atoms. The second-order valence-corrected chi connectivity index (χ2v) is 2.38. The summed E-state index contributed by atoms with van der Waals surface area (Å²) >= 11 is 0. The second kappa shape index (κ2) is 4.28. The summed E-state index contributed by atoms with van der Waals surface area (Å²) in [4.78, 5) is 1.75. The topological polar surface area (TPSA) is 36.3 Å². The summed E-state index contributed by atoms with van der Waals surface area (Å²) in [7, 11) is 3.69. The highest BCUT2D eigenvalue weighted by Gasteiger charge is 2.08. The van der Waals surface area contributed by atoms with Gasteiger partial charge in [-0.1, -0.05) is 0 Å². The summed E-state index contributed by atoms with van der Waals surface area (Å²) in [5.74, 6) is 0.516. The lowest BCUT2D eigenvalue weighted by Crippen LogP contribution is -2.32. The van der Waals surface area contributed by atoms with Crippen molar-refractivity contribution < 1.29 is 4.74 Å². The van der Waals surface area contributed by atoms with Gasteiger partial charge in [-0.25, -0.2) is 0 Å². The summed E-state index contributed by atoms with van der Waals surface area (Å²) in [6.07, 6.45) is -0.0833. The quantitative estimate of drug-likeness (QED) is 0.473. The Hall–Kier alpha value is -0.570. The molecular weight excluding hydrogens is 128 g/mol. The average molecular weight is 144 g/mol. The molecule has 0 saturated heterocycles. The minimum Gasteiger partial charge on any atom is -0.371 e. The zero-order chi connectivity index (χ0) is 8.15. The van der Waals surface area contributed by atoms with Crippen molar-refractivity contribution in [3.63, 3.8) is 0 Å². The first-order valence-corrected chi connectivity index (χ1v) is 3.47. The molecule has 0 aromatic carbocycles. The maximum atomic E-state index is 7.45. The molecule has 1 unspecified atom stereocenters. The molecule has 0 aliphatic rings. The molecule has 60 valence electrons. The summed E-state index contributed by atoms with van der Waals surface area (Å²) < 4.78 is 5.20. The Kier molecular flexibility index (Phi) is 4.03. The van der Waals surface area contributed by atoms with Crippen LogP contribution in [0.25, 0.3) is 0 Å². The lowest BCUT2D eigenvalue weighted by molar-refractivity contribution is 0.114. The zero-order valence-electron chi connectivity index (χ0n) is 7.14. The van der Waals surface area contributed by atoms with Crippen molar-refractivity contribution in [2.24, 2.45) is 0 Å². The molecule has 0 saturated carbocycles. The number of ether oxygens (including phenoxy) is 1. The molecule has 0 fully saturated rings. The van der Waals surface area contributed by atoms with E-state index in [4.69, 9.17) is 10.1 Å². The number of amidine groups is 1. The Bertz CT molecular complexity index is 112. The summed E-state index contributed by atoms with van der Waals surface area (Å²) in [6.45, 7) is 4.47. The number of hydrogen-bond donors (Lipinski definition) is 1. The van der Waals surface area contributed by atoms with Crippen LogP contribution in [0.2, 0.25) is 0 Å². The molecule has 1 N–H and O–H groups in total. The molecule has 3 nitrogen and oxygen atoms in total. The second-order valence-electron chi connectivity index (χ2n) is 2.38. The van der Waals surface area contributed by atoms with Gasteiger partial charge in [0.1, 0.15) is 11.9 Å². The van der Waals surface area contributed by atoms with Gasteiger partial charge in [-0.2, -0.15) is 0 Å². The van der Waals surface area contributed by atoms with E-state index in [2.05, 4.69) is 0 Å². The zero-order valence-corrected chi connectivity index (χ0v) is 7.14. The molecule has 0 radical (unpaired) electrons. The largest absolute Gasteiger partial charge is 0.371 e. The third kappa shape index (κ3) is 2.82. The monoisotopic (exact) mass is 144 g/mol. The molecule has 0 bridgehead atoms. The molecule has 10 heavy (non-hydrogen) atoms. The van der Waals surface area contributed by atoms with E-state index in [9.17, 15) is 0 Å². The first kappa shape index (κ1) is 9.43. The van der Waals surface area contributed by atoms with Crippen molar-refractivity contribution in [1.82, 2.24) is 4.90 Å². The molecule has 0 aromatic rings. The summed E-state index contributed by atoms with van der Waals surface area (Å²) in [6, 6.07) is 0. The van der Waals surface area contributed by atoms with Gasteiger partial charge in [-0.15, -0.1) is 0 Å². The van der Waals surface area contributed by atoms with Crippen molar-refractivity contribution in [1.29, 1.82) is 5.41 Å². The van der Waals surface area contributed by atoms with Gasteiger partial charge in [-0.05, 0) is 13.8 Å². The van der Waals surface area contributed by atoms with E-state index in [0.717, 1.165) is 0 Å². The van der Waals surface area contributed by atoms with Gasteiger partial charge in [0.2, 0.25) is 0 Å². The van der Waals surface area contributed by atoms with Crippen LogP contribution >= 0.6 is 0 Å². The minimum absolute atomic E-state index is 0.0833. The van der Waals surface area contributed by atoms with Crippen LogP contribution in [0.4, 0.5) is 0 Å². The van der Waals surface area contributed by atoms with Gasteiger partial charge >= 0.3 is 0 Å². The Balaban J connectivity index is 3.71. The molecule has 3 heteroatoms. The Labute approximate surface area is 62.5 Å². The maximum Gasteiger partial charge on any atom is 0.125 e. The van der Waals surface area contributed by atoms with Gasteiger partial charge < -0.3 is 9.64 Å². The highest BCUT2D eigenvalue weighted by Crippen LogP contribution is 1.94. The third-order valence-electron chi connectivity index (χ3n) is 1.28. The predicted molar refractivity (Wildman–Crippen MR) is 42.5 cm³/mol. The van der Waals surface area contributed by atoms with Crippen molar-refractivity contribution in [3.05, 3.63) is 0 Å². The fourth-order valence-electron chi connectivity index (χ4n) is 0.693. The van der Waals surface area contributed by atoms with E-state index in [0.29, 0.717) is 12.4 Å². The fraction of sp³-hybridized carbons (Fsp3) is 0.857.